The summed E-state index contributed by atoms with van der Waals surface area (Å²) in [4.78, 5) is 2.43. The third kappa shape index (κ3) is 5.36. The van der Waals surface area contributed by atoms with E-state index in [0.29, 0.717) is 11.8 Å². The highest BCUT2D eigenvalue weighted by Gasteiger charge is 2.31. The van der Waals surface area contributed by atoms with Crippen molar-refractivity contribution >= 4 is 9.84 Å². The van der Waals surface area contributed by atoms with Gasteiger partial charge in [0.2, 0.25) is 0 Å². The molecular weight excluding hydrogens is 236 g/mol. The molecule has 1 fully saturated rings. The smallest absolute Gasteiger partial charge is 0.147 e. The minimum Gasteiger partial charge on any atom is -0.309 e. The minimum absolute atomic E-state index is 0.136. The van der Waals surface area contributed by atoms with Crippen LogP contribution in [0.4, 0.5) is 0 Å². The van der Waals surface area contributed by atoms with Gasteiger partial charge in [-0.3, -0.25) is 4.90 Å². The van der Waals surface area contributed by atoms with E-state index in [1.54, 1.807) is 0 Å². The molecule has 0 aromatic heterocycles. The predicted molar refractivity (Wildman–Crippen MR) is 72.1 cm³/mol. The lowest BCUT2D eigenvalue weighted by Crippen LogP contribution is -2.61. The van der Waals surface area contributed by atoms with Crippen molar-refractivity contribution in [1.29, 1.82) is 0 Å². The van der Waals surface area contributed by atoms with Crippen molar-refractivity contribution in [2.24, 2.45) is 0 Å². The van der Waals surface area contributed by atoms with Crippen molar-refractivity contribution in [2.75, 3.05) is 31.6 Å². The van der Waals surface area contributed by atoms with Crippen molar-refractivity contribution in [2.45, 2.75) is 45.2 Å². The first-order valence-electron chi connectivity index (χ1n) is 6.40. The molecule has 0 radical (unpaired) electrons. The Morgan fingerprint density at radius 1 is 1.41 bits per heavy atom. The summed E-state index contributed by atoms with van der Waals surface area (Å²) < 4.78 is 22.2. The van der Waals surface area contributed by atoms with Gasteiger partial charge in [-0.2, -0.15) is 0 Å². The Bertz CT molecular complexity index is 338. The Balaban J connectivity index is 2.47. The summed E-state index contributed by atoms with van der Waals surface area (Å²) in [7, 11) is -2.82. The Morgan fingerprint density at radius 3 is 2.59 bits per heavy atom. The molecule has 1 heterocycles. The molecule has 0 aromatic carbocycles. The Labute approximate surface area is 106 Å². The molecule has 1 atom stereocenters. The molecule has 0 bridgehead atoms. The molecule has 0 aromatic rings. The quantitative estimate of drug-likeness (QED) is 0.799. The van der Waals surface area contributed by atoms with Gasteiger partial charge in [0.05, 0.1) is 5.75 Å². The SMILES string of the molecule is CCC1CNC(C)(C)CN1CCCS(C)(=O)=O. The predicted octanol–water partition coefficient (Wildman–Crippen LogP) is 0.884. The van der Waals surface area contributed by atoms with Crippen LogP contribution in [-0.4, -0.2) is 56.5 Å². The molecule has 0 amide bonds. The zero-order valence-electron chi connectivity index (χ0n) is 11.5. The van der Waals surface area contributed by atoms with E-state index in [4.69, 9.17) is 0 Å². The zero-order chi connectivity index (χ0) is 13.1. The molecule has 0 spiro atoms. The molecule has 0 saturated carbocycles. The summed E-state index contributed by atoms with van der Waals surface area (Å²) in [6, 6.07) is 0.544. The number of nitrogens with one attached hydrogen (secondary N) is 1. The van der Waals surface area contributed by atoms with Gasteiger partial charge < -0.3 is 5.32 Å². The molecule has 1 N–H and O–H groups in total. The molecule has 102 valence electrons. The maximum atomic E-state index is 11.1. The number of piperazine rings is 1. The maximum Gasteiger partial charge on any atom is 0.147 e. The van der Waals surface area contributed by atoms with E-state index in [1.807, 2.05) is 0 Å². The van der Waals surface area contributed by atoms with E-state index >= 15 is 0 Å². The standard InChI is InChI=1S/C12H26N2O2S/c1-5-11-9-13-12(2,3)10-14(11)7-6-8-17(4,15)16/h11,13H,5-10H2,1-4H3. The molecule has 1 saturated heterocycles. The fraction of sp³-hybridized carbons (Fsp3) is 1.00. The highest BCUT2D eigenvalue weighted by atomic mass is 32.2. The average Bonchev–Trinajstić information content (AvgIpc) is 2.15. The largest absolute Gasteiger partial charge is 0.309 e. The number of sulfone groups is 1. The molecule has 1 rings (SSSR count). The van der Waals surface area contributed by atoms with Gasteiger partial charge in [0, 0.05) is 30.9 Å². The number of rotatable bonds is 5. The van der Waals surface area contributed by atoms with Gasteiger partial charge in [0.1, 0.15) is 9.84 Å². The van der Waals surface area contributed by atoms with Gasteiger partial charge >= 0.3 is 0 Å². The Morgan fingerprint density at radius 2 is 2.06 bits per heavy atom. The second kappa shape index (κ2) is 5.67. The molecule has 17 heavy (non-hydrogen) atoms. The first-order valence-corrected chi connectivity index (χ1v) is 8.46. The van der Waals surface area contributed by atoms with Crippen LogP contribution in [-0.2, 0) is 9.84 Å². The van der Waals surface area contributed by atoms with E-state index in [0.717, 1.165) is 32.5 Å². The fourth-order valence-corrected chi connectivity index (χ4v) is 3.06. The lowest BCUT2D eigenvalue weighted by molar-refractivity contribution is 0.0931. The van der Waals surface area contributed by atoms with Gasteiger partial charge in [-0.15, -0.1) is 0 Å². The normalized spacial score (nSPS) is 26.0. The third-order valence-electron chi connectivity index (χ3n) is 3.36. The van der Waals surface area contributed by atoms with E-state index in [-0.39, 0.29) is 5.54 Å². The second-order valence-electron chi connectivity index (χ2n) is 5.78. The number of nitrogens with zero attached hydrogens (tertiary/aromatic N) is 1. The summed E-state index contributed by atoms with van der Waals surface area (Å²) in [5.41, 5.74) is 0.136. The zero-order valence-corrected chi connectivity index (χ0v) is 12.3. The van der Waals surface area contributed by atoms with Gasteiger partial charge in [0.15, 0.2) is 0 Å². The van der Waals surface area contributed by atoms with Crippen molar-refractivity contribution in [1.82, 2.24) is 10.2 Å². The lowest BCUT2D eigenvalue weighted by atomic mass is 9.97. The van der Waals surface area contributed by atoms with Crippen LogP contribution in [0.1, 0.15) is 33.6 Å². The van der Waals surface area contributed by atoms with Crippen LogP contribution < -0.4 is 5.32 Å². The van der Waals surface area contributed by atoms with Crippen LogP contribution in [0.2, 0.25) is 0 Å². The number of hydrogen-bond donors (Lipinski definition) is 1. The summed E-state index contributed by atoms with van der Waals surface area (Å²) in [5, 5.41) is 3.54. The maximum absolute atomic E-state index is 11.1. The van der Waals surface area contributed by atoms with E-state index < -0.39 is 9.84 Å². The second-order valence-corrected chi connectivity index (χ2v) is 8.04. The molecule has 1 unspecified atom stereocenters. The molecule has 4 nitrogen and oxygen atoms in total. The molecule has 0 aliphatic carbocycles. The third-order valence-corrected chi connectivity index (χ3v) is 4.39. The van der Waals surface area contributed by atoms with Crippen LogP contribution in [0.15, 0.2) is 0 Å². The van der Waals surface area contributed by atoms with Crippen LogP contribution in [0.5, 0.6) is 0 Å². The van der Waals surface area contributed by atoms with Gasteiger partial charge in [-0.25, -0.2) is 8.42 Å². The van der Waals surface area contributed by atoms with Crippen LogP contribution in [0.3, 0.4) is 0 Å². The first-order chi connectivity index (χ1) is 7.73. The molecular formula is C12H26N2O2S. The van der Waals surface area contributed by atoms with E-state index in [1.165, 1.54) is 6.26 Å². The lowest BCUT2D eigenvalue weighted by Gasteiger charge is -2.44. The van der Waals surface area contributed by atoms with Crippen molar-refractivity contribution in [3.63, 3.8) is 0 Å². The van der Waals surface area contributed by atoms with Crippen molar-refractivity contribution in [3.05, 3.63) is 0 Å². The van der Waals surface area contributed by atoms with Gasteiger partial charge in [0.25, 0.3) is 0 Å². The fourth-order valence-electron chi connectivity index (χ4n) is 2.41. The van der Waals surface area contributed by atoms with E-state index in [9.17, 15) is 8.42 Å². The van der Waals surface area contributed by atoms with Gasteiger partial charge in [-0.05, 0) is 33.2 Å². The van der Waals surface area contributed by atoms with Crippen molar-refractivity contribution in [3.8, 4) is 0 Å². The van der Waals surface area contributed by atoms with Crippen LogP contribution in [0, 0.1) is 0 Å². The Kier molecular flexibility index (Phi) is 4.98. The van der Waals surface area contributed by atoms with Crippen LogP contribution >= 0.6 is 0 Å². The van der Waals surface area contributed by atoms with Crippen LogP contribution in [0.25, 0.3) is 0 Å². The average molecular weight is 262 g/mol. The topological polar surface area (TPSA) is 49.4 Å². The van der Waals surface area contributed by atoms with Gasteiger partial charge in [-0.1, -0.05) is 6.92 Å². The highest BCUT2D eigenvalue weighted by Crippen LogP contribution is 2.17. The van der Waals surface area contributed by atoms with Crippen molar-refractivity contribution < 1.29 is 8.42 Å². The van der Waals surface area contributed by atoms with E-state index in [2.05, 4.69) is 31.0 Å². The molecule has 5 heteroatoms. The number of hydrogen-bond acceptors (Lipinski definition) is 4. The monoisotopic (exact) mass is 262 g/mol. The Hall–Kier alpha value is -0.130. The highest BCUT2D eigenvalue weighted by molar-refractivity contribution is 7.90. The first kappa shape index (κ1) is 14.9. The summed E-state index contributed by atoms with van der Waals surface area (Å²) in [6.45, 7) is 9.47. The molecule has 1 aliphatic rings. The summed E-state index contributed by atoms with van der Waals surface area (Å²) in [6.07, 6.45) is 3.17. The molecule has 1 aliphatic heterocycles. The minimum atomic E-state index is -2.82. The summed E-state index contributed by atoms with van der Waals surface area (Å²) >= 11 is 0. The summed E-state index contributed by atoms with van der Waals surface area (Å²) in [5.74, 6) is 0.299.